The predicted octanol–water partition coefficient (Wildman–Crippen LogP) is 3.38. The summed E-state index contributed by atoms with van der Waals surface area (Å²) in [7, 11) is 0. The summed E-state index contributed by atoms with van der Waals surface area (Å²) in [5.74, 6) is -0.695. The molecular formula is C18H20ClNO2. The Labute approximate surface area is 136 Å². The van der Waals surface area contributed by atoms with Crippen LogP contribution in [0.2, 0.25) is 0 Å². The zero-order valence-electron chi connectivity index (χ0n) is 12.3. The number of hydrogen-bond donors (Lipinski definition) is 2. The van der Waals surface area contributed by atoms with E-state index in [1.165, 1.54) is 5.56 Å². The average Bonchev–Trinajstić information content (AvgIpc) is 2.99. The third-order valence-corrected chi connectivity index (χ3v) is 4.30. The van der Waals surface area contributed by atoms with Gasteiger partial charge in [-0.2, -0.15) is 0 Å². The van der Waals surface area contributed by atoms with Crippen LogP contribution in [0.1, 0.15) is 12.0 Å². The Morgan fingerprint density at radius 3 is 2.23 bits per heavy atom. The Hall–Kier alpha value is -1.84. The maximum absolute atomic E-state index is 11.6. The quantitative estimate of drug-likeness (QED) is 0.909. The van der Waals surface area contributed by atoms with Crippen LogP contribution < -0.4 is 5.32 Å². The summed E-state index contributed by atoms with van der Waals surface area (Å²) in [5, 5.41) is 12.7. The predicted molar refractivity (Wildman–Crippen MR) is 90.4 cm³/mol. The van der Waals surface area contributed by atoms with Crippen molar-refractivity contribution in [2.45, 2.75) is 12.8 Å². The molecule has 1 aliphatic rings. The molecule has 1 saturated heterocycles. The van der Waals surface area contributed by atoms with Crippen molar-refractivity contribution in [2.24, 2.45) is 5.41 Å². The van der Waals surface area contributed by atoms with Gasteiger partial charge in [0.05, 0.1) is 5.41 Å². The van der Waals surface area contributed by atoms with Crippen LogP contribution in [0.4, 0.5) is 0 Å². The third kappa shape index (κ3) is 3.32. The number of halogens is 1. The van der Waals surface area contributed by atoms with Crippen LogP contribution in [-0.4, -0.2) is 24.2 Å². The number of carbonyl (C=O) groups is 1. The van der Waals surface area contributed by atoms with E-state index in [0.717, 1.165) is 17.7 Å². The molecule has 4 heteroatoms. The first-order valence-electron chi connectivity index (χ1n) is 7.28. The Morgan fingerprint density at radius 2 is 1.68 bits per heavy atom. The molecule has 1 unspecified atom stereocenters. The van der Waals surface area contributed by atoms with Crippen LogP contribution in [0.15, 0.2) is 54.6 Å². The zero-order valence-corrected chi connectivity index (χ0v) is 13.1. The van der Waals surface area contributed by atoms with Gasteiger partial charge in [0.15, 0.2) is 0 Å². The third-order valence-electron chi connectivity index (χ3n) is 4.30. The highest BCUT2D eigenvalue weighted by Gasteiger charge is 2.41. The van der Waals surface area contributed by atoms with Crippen LogP contribution in [0.3, 0.4) is 0 Å². The van der Waals surface area contributed by atoms with Crippen LogP contribution >= 0.6 is 12.4 Å². The lowest BCUT2D eigenvalue weighted by molar-refractivity contribution is -0.147. The van der Waals surface area contributed by atoms with Crippen molar-refractivity contribution in [2.75, 3.05) is 13.1 Å². The van der Waals surface area contributed by atoms with Gasteiger partial charge in [0, 0.05) is 6.54 Å². The van der Waals surface area contributed by atoms with E-state index in [-0.39, 0.29) is 12.4 Å². The van der Waals surface area contributed by atoms with Crippen LogP contribution in [-0.2, 0) is 11.2 Å². The molecule has 2 N–H and O–H groups in total. The minimum atomic E-state index is -0.695. The van der Waals surface area contributed by atoms with Gasteiger partial charge < -0.3 is 10.4 Å². The fourth-order valence-electron chi connectivity index (χ4n) is 2.99. The van der Waals surface area contributed by atoms with E-state index in [2.05, 4.69) is 29.6 Å². The van der Waals surface area contributed by atoms with Gasteiger partial charge in [-0.3, -0.25) is 4.79 Å². The van der Waals surface area contributed by atoms with Crippen LogP contribution in [0, 0.1) is 5.41 Å². The second kappa shape index (κ2) is 6.95. The molecule has 0 aromatic heterocycles. The number of carboxylic acids is 1. The highest BCUT2D eigenvalue weighted by atomic mass is 35.5. The van der Waals surface area contributed by atoms with Gasteiger partial charge in [0.1, 0.15) is 0 Å². The van der Waals surface area contributed by atoms with Gasteiger partial charge in [-0.1, -0.05) is 54.6 Å². The lowest BCUT2D eigenvalue weighted by Gasteiger charge is -2.23. The summed E-state index contributed by atoms with van der Waals surface area (Å²) in [4.78, 5) is 11.6. The normalized spacial score (nSPS) is 20.4. The van der Waals surface area contributed by atoms with Crippen molar-refractivity contribution in [3.63, 3.8) is 0 Å². The number of aliphatic carboxylic acids is 1. The summed E-state index contributed by atoms with van der Waals surface area (Å²) in [6, 6.07) is 18.4. The lowest BCUT2D eigenvalue weighted by atomic mass is 9.80. The van der Waals surface area contributed by atoms with Gasteiger partial charge in [0.2, 0.25) is 0 Å². The standard InChI is InChI=1S/C18H19NO2.ClH/c20-17(21)18(10-11-19-13-18)12-14-6-8-16(9-7-14)15-4-2-1-3-5-15;/h1-9,19H,10-13H2,(H,20,21);1H. The first kappa shape index (κ1) is 16.5. The average molecular weight is 318 g/mol. The Morgan fingerprint density at radius 1 is 1.05 bits per heavy atom. The first-order chi connectivity index (χ1) is 10.2. The van der Waals surface area contributed by atoms with Crippen LogP contribution in [0.25, 0.3) is 11.1 Å². The van der Waals surface area contributed by atoms with Crippen LogP contribution in [0.5, 0.6) is 0 Å². The van der Waals surface area contributed by atoms with Gasteiger partial charge in [-0.15, -0.1) is 12.4 Å². The minimum absolute atomic E-state index is 0. The second-order valence-corrected chi connectivity index (χ2v) is 5.75. The van der Waals surface area contributed by atoms with E-state index in [1.54, 1.807) is 0 Å². The molecule has 3 nitrogen and oxygen atoms in total. The van der Waals surface area contributed by atoms with E-state index in [4.69, 9.17) is 0 Å². The van der Waals surface area contributed by atoms with Crippen molar-refractivity contribution in [1.29, 1.82) is 0 Å². The molecule has 0 saturated carbocycles. The molecule has 116 valence electrons. The van der Waals surface area contributed by atoms with Crippen molar-refractivity contribution < 1.29 is 9.90 Å². The van der Waals surface area contributed by atoms with Crippen molar-refractivity contribution >= 4 is 18.4 Å². The Kier molecular flexibility index (Phi) is 5.22. The molecule has 3 rings (SSSR count). The molecule has 1 atom stereocenters. The molecule has 0 bridgehead atoms. The summed E-state index contributed by atoms with van der Waals surface area (Å²) in [5.41, 5.74) is 2.78. The van der Waals surface area contributed by atoms with E-state index in [1.807, 2.05) is 30.3 Å². The fourth-order valence-corrected chi connectivity index (χ4v) is 2.99. The number of hydrogen-bond acceptors (Lipinski definition) is 2. The number of rotatable bonds is 4. The summed E-state index contributed by atoms with van der Waals surface area (Å²) >= 11 is 0. The SMILES string of the molecule is Cl.O=C(O)C1(Cc2ccc(-c3ccccc3)cc2)CCNC1. The summed E-state index contributed by atoms with van der Waals surface area (Å²) in [6.07, 6.45) is 1.28. The molecule has 22 heavy (non-hydrogen) atoms. The van der Waals surface area contributed by atoms with Crippen molar-refractivity contribution in [3.8, 4) is 11.1 Å². The molecule has 0 spiro atoms. The minimum Gasteiger partial charge on any atom is -0.481 e. The molecule has 0 radical (unpaired) electrons. The van der Waals surface area contributed by atoms with Gasteiger partial charge in [-0.05, 0) is 36.1 Å². The lowest BCUT2D eigenvalue weighted by Crippen LogP contribution is -2.35. The van der Waals surface area contributed by atoms with Gasteiger partial charge >= 0.3 is 5.97 Å². The maximum Gasteiger partial charge on any atom is 0.311 e. The molecular weight excluding hydrogens is 298 g/mol. The molecule has 1 heterocycles. The highest BCUT2D eigenvalue weighted by Crippen LogP contribution is 2.31. The molecule has 2 aromatic rings. The number of benzene rings is 2. The number of nitrogens with one attached hydrogen (secondary N) is 1. The second-order valence-electron chi connectivity index (χ2n) is 5.75. The highest BCUT2D eigenvalue weighted by molar-refractivity contribution is 5.85. The molecule has 2 aromatic carbocycles. The Bertz CT molecular complexity index is 619. The monoisotopic (exact) mass is 317 g/mol. The number of carboxylic acid groups (broad SMARTS) is 1. The van der Waals surface area contributed by atoms with E-state index in [9.17, 15) is 9.90 Å². The summed E-state index contributed by atoms with van der Waals surface area (Å²) in [6.45, 7) is 1.34. The van der Waals surface area contributed by atoms with E-state index in [0.29, 0.717) is 19.4 Å². The zero-order chi connectivity index (χ0) is 14.7. The smallest absolute Gasteiger partial charge is 0.311 e. The molecule has 1 aliphatic heterocycles. The topological polar surface area (TPSA) is 49.3 Å². The first-order valence-corrected chi connectivity index (χ1v) is 7.28. The van der Waals surface area contributed by atoms with E-state index >= 15 is 0 Å². The Balaban J connectivity index is 0.00000176. The fraction of sp³-hybridized carbons (Fsp3) is 0.278. The molecule has 1 fully saturated rings. The maximum atomic E-state index is 11.6. The van der Waals surface area contributed by atoms with Gasteiger partial charge in [0.25, 0.3) is 0 Å². The van der Waals surface area contributed by atoms with Crippen molar-refractivity contribution in [3.05, 3.63) is 60.2 Å². The largest absolute Gasteiger partial charge is 0.481 e. The van der Waals surface area contributed by atoms with Gasteiger partial charge in [-0.25, -0.2) is 0 Å². The van der Waals surface area contributed by atoms with E-state index < -0.39 is 11.4 Å². The molecule has 0 aliphatic carbocycles. The van der Waals surface area contributed by atoms with Crippen molar-refractivity contribution in [1.82, 2.24) is 5.32 Å². The summed E-state index contributed by atoms with van der Waals surface area (Å²) < 4.78 is 0. The molecule has 0 amide bonds.